The lowest BCUT2D eigenvalue weighted by Gasteiger charge is -2.28. The van der Waals surface area contributed by atoms with Gasteiger partial charge in [-0.2, -0.15) is 37.0 Å². The minimum absolute atomic E-state index is 0.00600. The van der Waals surface area contributed by atoms with Gasteiger partial charge in [-0.3, -0.25) is 28.8 Å². The molecule has 0 heterocycles. The van der Waals surface area contributed by atoms with Gasteiger partial charge in [0.25, 0.3) is 0 Å². The van der Waals surface area contributed by atoms with Gasteiger partial charge in [0, 0.05) is 24.3 Å². The largest absolute Gasteiger partial charge is 0.480 e. The Morgan fingerprint density at radius 2 is 1.33 bits per heavy atom. The highest BCUT2D eigenvalue weighted by atomic mass is 32.2. The standard InChI is InChI=1S/C31H49N7O8S3/c1-4-17(2)25(38-26(40)19(32)15-47)30(44)34-20(12-13-49-3)27(41)36-22(14-18-8-6-5-7-9-18)28(42)37-23(16-48)29(43)35-21(31(45)46)10-11-24(33)39/h5-9,17,19-23,25,47-48H,4,10-16,32H2,1-3H3,(H2,33,39)(H,34,44)(H,35,43)(H,36,41)(H,37,42)(H,38,40)(H,45,46)/t17-,19-,20-,21-,22-,23-,25-/m0/s1. The Hall–Kier alpha value is -3.48. The Morgan fingerprint density at radius 3 is 1.86 bits per heavy atom. The quantitative estimate of drug-likeness (QED) is 0.0612. The number of primary amides is 1. The minimum Gasteiger partial charge on any atom is -0.480 e. The molecule has 0 aliphatic heterocycles. The number of aliphatic carboxylic acids is 1. The molecule has 49 heavy (non-hydrogen) atoms. The zero-order valence-corrected chi connectivity index (χ0v) is 30.5. The summed E-state index contributed by atoms with van der Waals surface area (Å²) in [5, 5.41) is 22.3. The third-order valence-electron chi connectivity index (χ3n) is 7.60. The summed E-state index contributed by atoms with van der Waals surface area (Å²) in [7, 11) is 0. The molecule has 1 aromatic carbocycles. The molecule has 0 saturated carbocycles. The number of nitrogens with one attached hydrogen (secondary N) is 5. The molecule has 0 saturated heterocycles. The van der Waals surface area contributed by atoms with Gasteiger partial charge in [0.15, 0.2) is 0 Å². The van der Waals surface area contributed by atoms with Crippen molar-refractivity contribution in [1.82, 2.24) is 26.6 Å². The van der Waals surface area contributed by atoms with Crippen LogP contribution in [0.4, 0.5) is 0 Å². The summed E-state index contributed by atoms with van der Waals surface area (Å²) in [6.07, 6.45) is 2.01. The highest BCUT2D eigenvalue weighted by Crippen LogP contribution is 2.11. The van der Waals surface area contributed by atoms with Crippen LogP contribution in [0.1, 0.15) is 45.1 Å². The zero-order valence-electron chi connectivity index (χ0n) is 27.8. The minimum atomic E-state index is -1.45. The van der Waals surface area contributed by atoms with Crippen LogP contribution in [0, 0.1) is 5.92 Å². The second kappa shape index (κ2) is 23.0. The molecule has 0 bridgehead atoms. The summed E-state index contributed by atoms with van der Waals surface area (Å²) >= 11 is 9.63. The van der Waals surface area contributed by atoms with Gasteiger partial charge in [-0.05, 0) is 36.3 Å². The van der Waals surface area contributed by atoms with Gasteiger partial charge in [-0.1, -0.05) is 50.6 Å². The van der Waals surface area contributed by atoms with E-state index in [-0.39, 0.29) is 43.1 Å². The second-order valence-corrected chi connectivity index (χ2v) is 13.1. The number of hydrogen-bond donors (Lipinski definition) is 10. The highest BCUT2D eigenvalue weighted by Gasteiger charge is 2.34. The fourth-order valence-electron chi connectivity index (χ4n) is 4.43. The van der Waals surface area contributed by atoms with Gasteiger partial charge < -0.3 is 43.2 Å². The zero-order chi connectivity index (χ0) is 37.1. The maximum atomic E-state index is 13.7. The highest BCUT2D eigenvalue weighted by molar-refractivity contribution is 7.98. The van der Waals surface area contributed by atoms with E-state index in [1.54, 1.807) is 37.3 Å². The van der Waals surface area contributed by atoms with E-state index in [0.29, 0.717) is 17.7 Å². The summed E-state index contributed by atoms with van der Waals surface area (Å²) in [5.41, 5.74) is 11.6. The van der Waals surface area contributed by atoms with E-state index in [1.807, 2.05) is 13.2 Å². The number of thiol groups is 2. The van der Waals surface area contributed by atoms with Crippen LogP contribution in [0.2, 0.25) is 0 Å². The first-order valence-electron chi connectivity index (χ1n) is 15.7. The van der Waals surface area contributed by atoms with Crippen molar-refractivity contribution in [3.8, 4) is 0 Å². The van der Waals surface area contributed by atoms with E-state index in [1.165, 1.54) is 11.8 Å². The molecule has 0 radical (unpaired) electrons. The van der Waals surface area contributed by atoms with E-state index in [2.05, 4.69) is 51.8 Å². The monoisotopic (exact) mass is 743 g/mol. The lowest BCUT2D eigenvalue weighted by molar-refractivity contribution is -0.142. The normalized spacial score (nSPS) is 15.2. The number of benzene rings is 1. The topological polar surface area (TPSA) is 252 Å². The van der Waals surface area contributed by atoms with Crippen molar-refractivity contribution in [2.75, 3.05) is 23.5 Å². The fourth-order valence-corrected chi connectivity index (χ4v) is 5.32. The molecule has 1 aromatic rings. The summed E-state index contributed by atoms with van der Waals surface area (Å²) in [5.74, 6) is -5.62. The Labute approximate surface area is 301 Å². The predicted molar refractivity (Wildman–Crippen MR) is 194 cm³/mol. The molecule has 18 heteroatoms. The van der Waals surface area contributed by atoms with E-state index in [9.17, 15) is 38.7 Å². The number of carbonyl (C=O) groups is 7. The molecule has 10 N–H and O–H groups in total. The molecule has 0 aliphatic carbocycles. The van der Waals surface area contributed by atoms with Crippen molar-refractivity contribution in [1.29, 1.82) is 0 Å². The number of carboxylic acid groups (broad SMARTS) is 1. The van der Waals surface area contributed by atoms with Gasteiger partial charge in [-0.15, -0.1) is 0 Å². The summed E-state index contributed by atoms with van der Waals surface area (Å²) < 4.78 is 0. The number of hydrogen-bond acceptors (Lipinski definition) is 11. The average Bonchev–Trinajstić information content (AvgIpc) is 3.08. The van der Waals surface area contributed by atoms with Crippen molar-refractivity contribution < 1.29 is 38.7 Å². The van der Waals surface area contributed by atoms with Crippen LogP contribution in [0.3, 0.4) is 0 Å². The van der Waals surface area contributed by atoms with Crippen molar-refractivity contribution in [2.24, 2.45) is 17.4 Å². The average molecular weight is 744 g/mol. The second-order valence-electron chi connectivity index (χ2n) is 11.4. The summed E-state index contributed by atoms with van der Waals surface area (Å²) in [6, 6.07) is 1.74. The van der Waals surface area contributed by atoms with Crippen molar-refractivity contribution >= 4 is 78.4 Å². The van der Waals surface area contributed by atoms with E-state index in [0.717, 1.165) is 0 Å². The molecular weight excluding hydrogens is 695 g/mol. The Balaban J connectivity index is 3.27. The van der Waals surface area contributed by atoms with Crippen LogP contribution in [-0.4, -0.2) is 106 Å². The third-order valence-corrected chi connectivity index (χ3v) is 9.00. The van der Waals surface area contributed by atoms with Crippen molar-refractivity contribution in [3.63, 3.8) is 0 Å². The number of thioether (sulfide) groups is 1. The lowest BCUT2D eigenvalue weighted by atomic mass is 9.97. The molecular formula is C31H49N7O8S3. The first-order chi connectivity index (χ1) is 23.2. The van der Waals surface area contributed by atoms with Crippen molar-refractivity contribution in [3.05, 3.63) is 35.9 Å². The summed E-state index contributed by atoms with van der Waals surface area (Å²) in [6.45, 7) is 3.62. The van der Waals surface area contributed by atoms with Crippen molar-refractivity contribution in [2.45, 2.75) is 82.2 Å². The SMILES string of the molecule is CC[C@H](C)[C@H](NC(=O)[C@@H](N)CS)C(=O)N[C@@H](CCSC)C(=O)N[C@@H](Cc1ccccc1)C(=O)N[C@@H](CS)C(=O)N[C@@H](CCC(N)=O)C(=O)O. The molecule has 0 spiro atoms. The van der Waals surface area contributed by atoms with Crippen LogP contribution in [0.25, 0.3) is 0 Å². The maximum absolute atomic E-state index is 13.7. The van der Waals surface area contributed by atoms with Crippen LogP contribution in [0.5, 0.6) is 0 Å². The Bertz CT molecular complexity index is 1280. The van der Waals surface area contributed by atoms with Crippen LogP contribution in [-0.2, 0) is 40.0 Å². The first kappa shape index (κ1) is 43.5. The third kappa shape index (κ3) is 15.7. The molecule has 7 atom stereocenters. The maximum Gasteiger partial charge on any atom is 0.326 e. The van der Waals surface area contributed by atoms with Gasteiger partial charge in [-0.25, -0.2) is 4.79 Å². The Kier molecular flexibility index (Phi) is 20.5. The van der Waals surface area contributed by atoms with E-state index >= 15 is 0 Å². The number of rotatable bonds is 23. The Morgan fingerprint density at radius 1 is 0.776 bits per heavy atom. The number of carbonyl (C=O) groups excluding carboxylic acids is 6. The predicted octanol–water partition coefficient (Wildman–Crippen LogP) is -1.01. The van der Waals surface area contributed by atoms with Gasteiger partial charge in [0.1, 0.15) is 30.2 Å². The molecule has 0 fully saturated rings. The van der Waals surface area contributed by atoms with E-state index in [4.69, 9.17) is 11.5 Å². The number of carboxylic acids is 1. The number of amides is 6. The molecule has 0 aromatic heterocycles. The molecule has 0 unspecified atom stereocenters. The van der Waals surface area contributed by atoms with Crippen LogP contribution in [0.15, 0.2) is 30.3 Å². The van der Waals surface area contributed by atoms with Gasteiger partial charge >= 0.3 is 5.97 Å². The molecule has 274 valence electrons. The molecule has 15 nitrogen and oxygen atoms in total. The lowest BCUT2D eigenvalue weighted by Crippen LogP contribution is -2.60. The molecule has 6 amide bonds. The van der Waals surface area contributed by atoms with Gasteiger partial charge in [0.2, 0.25) is 35.4 Å². The van der Waals surface area contributed by atoms with Gasteiger partial charge in [0.05, 0.1) is 6.04 Å². The number of nitrogens with two attached hydrogens (primary N) is 2. The molecule has 1 rings (SSSR count). The first-order valence-corrected chi connectivity index (χ1v) is 18.4. The van der Waals surface area contributed by atoms with Crippen LogP contribution >= 0.6 is 37.0 Å². The van der Waals surface area contributed by atoms with E-state index < -0.39 is 77.7 Å². The fraction of sp³-hybridized carbons (Fsp3) is 0.581. The molecule has 0 aliphatic rings. The smallest absolute Gasteiger partial charge is 0.326 e. The van der Waals surface area contributed by atoms with Crippen LogP contribution < -0.4 is 38.1 Å². The summed E-state index contributed by atoms with van der Waals surface area (Å²) in [4.78, 5) is 89.1.